The number of rotatable bonds is 4. The van der Waals surface area contributed by atoms with Crippen molar-refractivity contribution < 1.29 is 0 Å². The fourth-order valence-electron chi connectivity index (χ4n) is 9.76. The van der Waals surface area contributed by atoms with Crippen LogP contribution in [-0.4, -0.2) is 23.3 Å². The molecule has 0 saturated heterocycles. The van der Waals surface area contributed by atoms with Crippen molar-refractivity contribution in [1.29, 1.82) is 0 Å². The molecule has 0 spiro atoms. The van der Waals surface area contributed by atoms with Crippen molar-refractivity contribution in [1.82, 2.24) is 23.3 Å². The number of benzene rings is 8. The Morgan fingerprint density at radius 3 is 0.828 bits per heavy atom. The lowest BCUT2D eigenvalue weighted by molar-refractivity contribution is 1.01. The Balaban J connectivity index is 1.10. The lowest BCUT2D eigenvalue weighted by Gasteiger charge is -2.12. The number of fused-ring (bicyclic) bond motifs is 12. The standard InChI is InChI=1S/C53H33N5/c1-7-20-44-36(14-1)37-15-2-8-21-45(37)55(44)34-28-30-50-42(32-34)43-33-35(56-46-22-9-3-16-38(46)39-17-4-10-23-47(39)56)29-31-51(43)58(50)53-27-13-26-52(54-53)57-48-24-11-5-18-40(48)41-19-6-12-25-49(41)57/h1-33H. The van der Waals surface area contributed by atoms with E-state index in [1.165, 1.54) is 65.2 Å². The molecule has 0 radical (unpaired) electrons. The molecule has 0 N–H and O–H groups in total. The third-order valence-electron chi connectivity index (χ3n) is 12.2. The molecular weight excluding hydrogens is 707 g/mol. The van der Waals surface area contributed by atoms with Gasteiger partial charge in [-0.05, 0) is 84.9 Å². The highest BCUT2D eigenvalue weighted by Gasteiger charge is 2.20. The molecule has 13 aromatic rings. The van der Waals surface area contributed by atoms with E-state index >= 15 is 0 Å². The molecule has 0 atom stereocenters. The summed E-state index contributed by atoms with van der Waals surface area (Å²) in [5.41, 5.74) is 11.5. The summed E-state index contributed by atoms with van der Waals surface area (Å²) in [6, 6.07) is 72.4. The van der Waals surface area contributed by atoms with Gasteiger partial charge in [0.1, 0.15) is 11.6 Å². The number of hydrogen-bond acceptors (Lipinski definition) is 1. The minimum Gasteiger partial charge on any atom is -0.309 e. The van der Waals surface area contributed by atoms with Gasteiger partial charge in [0, 0.05) is 54.5 Å². The molecule has 270 valence electrons. The molecule has 5 nitrogen and oxygen atoms in total. The van der Waals surface area contributed by atoms with Crippen molar-refractivity contribution in [2.45, 2.75) is 0 Å². The maximum absolute atomic E-state index is 5.48. The number of pyridine rings is 1. The molecule has 5 heterocycles. The van der Waals surface area contributed by atoms with Gasteiger partial charge in [-0.2, -0.15) is 0 Å². The minimum atomic E-state index is 0.869. The van der Waals surface area contributed by atoms with Crippen LogP contribution in [0.25, 0.3) is 110 Å². The summed E-state index contributed by atoms with van der Waals surface area (Å²) in [6.07, 6.45) is 0. The molecule has 0 unspecified atom stereocenters. The second-order valence-electron chi connectivity index (χ2n) is 15.2. The van der Waals surface area contributed by atoms with E-state index in [4.69, 9.17) is 4.98 Å². The molecule has 0 saturated carbocycles. The van der Waals surface area contributed by atoms with Crippen molar-refractivity contribution in [3.63, 3.8) is 0 Å². The quantitative estimate of drug-likeness (QED) is 0.177. The zero-order valence-corrected chi connectivity index (χ0v) is 31.3. The predicted molar refractivity (Wildman–Crippen MR) is 242 cm³/mol. The van der Waals surface area contributed by atoms with Gasteiger partial charge < -0.3 is 9.13 Å². The van der Waals surface area contributed by atoms with Gasteiger partial charge in [0.2, 0.25) is 0 Å². The van der Waals surface area contributed by atoms with Crippen molar-refractivity contribution in [2.24, 2.45) is 0 Å². The summed E-state index contributed by atoms with van der Waals surface area (Å²) in [7, 11) is 0. The first-order chi connectivity index (χ1) is 28.8. The van der Waals surface area contributed by atoms with E-state index in [9.17, 15) is 0 Å². The van der Waals surface area contributed by atoms with E-state index in [1.807, 2.05) is 0 Å². The molecule has 0 fully saturated rings. The molecule has 0 aliphatic carbocycles. The van der Waals surface area contributed by atoms with Gasteiger partial charge in [-0.15, -0.1) is 0 Å². The normalized spacial score (nSPS) is 12.1. The van der Waals surface area contributed by atoms with Crippen LogP contribution in [0.15, 0.2) is 200 Å². The Bertz CT molecular complexity index is 3480. The van der Waals surface area contributed by atoms with Gasteiger partial charge in [-0.25, -0.2) is 4.98 Å². The second kappa shape index (κ2) is 11.8. The molecule has 5 heteroatoms. The summed E-state index contributed by atoms with van der Waals surface area (Å²) >= 11 is 0. The first-order valence-corrected chi connectivity index (χ1v) is 19.8. The zero-order valence-electron chi connectivity index (χ0n) is 31.3. The summed E-state index contributed by atoms with van der Waals surface area (Å²) in [5, 5.41) is 9.78. The predicted octanol–water partition coefficient (Wildman–Crippen LogP) is 13.5. The molecule has 58 heavy (non-hydrogen) atoms. The lowest BCUT2D eigenvalue weighted by atomic mass is 10.1. The summed E-state index contributed by atoms with van der Waals surface area (Å²) in [4.78, 5) is 5.48. The Morgan fingerprint density at radius 2 is 0.500 bits per heavy atom. The molecule has 0 bridgehead atoms. The Hall–Kier alpha value is -7.89. The highest BCUT2D eigenvalue weighted by atomic mass is 15.1. The van der Waals surface area contributed by atoms with Crippen LogP contribution in [0.2, 0.25) is 0 Å². The van der Waals surface area contributed by atoms with Crippen LogP contribution in [0.1, 0.15) is 0 Å². The average Bonchev–Trinajstić information content (AvgIpc) is 4.01. The van der Waals surface area contributed by atoms with Crippen LogP contribution in [0, 0.1) is 0 Å². The first-order valence-electron chi connectivity index (χ1n) is 19.8. The number of aromatic nitrogens is 5. The van der Waals surface area contributed by atoms with Crippen LogP contribution in [0.4, 0.5) is 0 Å². The van der Waals surface area contributed by atoms with Crippen LogP contribution >= 0.6 is 0 Å². The Labute approximate surface area is 332 Å². The summed E-state index contributed by atoms with van der Waals surface area (Å²) in [5.74, 6) is 1.75. The summed E-state index contributed by atoms with van der Waals surface area (Å²) in [6.45, 7) is 0. The molecule has 13 rings (SSSR count). The van der Waals surface area contributed by atoms with Gasteiger partial charge in [-0.3, -0.25) is 9.13 Å². The fraction of sp³-hybridized carbons (Fsp3) is 0. The fourth-order valence-corrected chi connectivity index (χ4v) is 9.76. The van der Waals surface area contributed by atoms with Crippen LogP contribution in [-0.2, 0) is 0 Å². The molecule has 0 aliphatic heterocycles. The SMILES string of the molecule is c1cc(-n2c3ccccc3c3ccccc32)nc(-n2c3ccc(-n4c5ccccc5c5ccccc54)cc3c3cc(-n4c5ccccc5c5ccccc54)ccc32)c1. The van der Waals surface area contributed by atoms with Crippen molar-refractivity contribution in [3.8, 4) is 23.0 Å². The maximum Gasteiger partial charge on any atom is 0.140 e. The van der Waals surface area contributed by atoms with E-state index in [-0.39, 0.29) is 0 Å². The van der Waals surface area contributed by atoms with E-state index in [0.717, 1.165) is 45.1 Å². The van der Waals surface area contributed by atoms with E-state index in [1.54, 1.807) is 0 Å². The van der Waals surface area contributed by atoms with Gasteiger partial charge in [0.15, 0.2) is 0 Å². The minimum absolute atomic E-state index is 0.869. The monoisotopic (exact) mass is 739 g/mol. The highest BCUT2D eigenvalue weighted by molar-refractivity contribution is 6.14. The average molecular weight is 740 g/mol. The largest absolute Gasteiger partial charge is 0.309 e. The van der Waals surface area contributed by atoms with E-state index in [2.05, 4.69) is 218 Å². The lowest BCUT2D eigenvalue weighted by Crippen LogP contribution is -2.03. The van der Waals surface area contributed by atoms with Crippen LogP contribution < -0.4 is 0 Å². The summed E-state index contributed by atoms with van der Waals surface area (Å²) < 4.78 is 9.45. The maximum atomic E-state index is 5.48. The second-order valence-corrected chi connectivity index (χ2v) is 15.2. The third kappa shape index (κ3) is 4.27. The number of para-hydroxylation sites is 6. The molecule has 0 aliphatic rings. The molecule has 5 aromatic heterocycles. The van der Waals surface area contributed by atoms with E-state index < -0.39 is 0 Å². The van der Waals surface area contributed by atoms with Gasteiger partial charge >= 0.3 is 0 Å². The van der Waals surface area contributed by atoms with Crippen molar-refractivity contribution in [3.05, 3.63) is 200 Å². The first kappa shape index (κ1) is 31.3. The number of hydrogen-bond donors (Lipinski definition) is 0. The van der Waals surface area contributed by atoms with Crippen molar-refractivity contribution in [2.75, 3.05) is 0 Å². The Morgan fingerprint density at radius 1 is 0.224 bits per heavy atom. The van der Waals surface area contributed by atoms with Gasteiger partial charge in [0.05, 0.1) is 44.1 Å². The third-order valence-corrected chi connectivity index (χ3v) is 12.2. The molecule has 8 aromatic carbocycles. The number of nitrogens with zero attached hydrogens (tertiary/aromatic N) is 5. The van der Waals surface area contributed by atoms with Gasteiger partial charge in [-0.1, -0.05) is 115 Å². The van der Waals surface area contributed by atoms with Crippen LogP contribution in [0.3, 0.4) is 0 Å². The van der Waals surface area contributed by atoms with Crippen LogP contribution in [0.5, 0.6) is 0 Å². The highest BCUT2D eigenvalue weighted by Crippen LogP contribution is 2.40. The van der Waals surface area contributed by atoms with E-state index in [0.29, 0.717) is 0 Å². The zero-order chi connectivity index (χ0) is 37.9. The topological polar surface area (TPSA) is 32.6 Å². The smallest absolute Gasteiger partial charge is 0.140 e. The molecule has 0 amide bonds. The Kier molecular flexibility index (Phi) is 6.38. The molecular formula is C53H33N5. The van der Waals surface area contributed by atoms with Crippen molar-refractivity contribution >= 4 is 87.2 Å². The van der Waals surface area contributed by atoms with Gasteiger partial charge in [0.25, 0.3) is 0 Å².